The Labute approximate surface area is 208 Å². The molecule has 0 aliphatic carbocycles. The van der Waals surface area contributed by atoms with Crippen LogP contribution >= 0.6 is 16.1 Å². The zero-order chi connectivity index (χ0) is 24.2. The summed E-state index contributed by atoms with van der Waals surface area (Å²) >= 11 is 0. The molecule has 0 heterocycles. The van der Waals surface area contributed by atoms with Crippen LogP contribution in [0.2, 0.25) is 0 Å². The van der Waals surface area contributed by atoms with Gasteiger partial charge >= 0.3 is 0 Å². The monoisotopic (exact) mass is 483 g/mol. The quantitative estimate of drug-likeness (QED) is 0.255. The lowest BCUT2D eigenvalue weighted by Crippen LogP contribution is -2.37. The Morgan fingerprint density at radius 1 is 0.441 bits per heavy atom. The molecular formula is C31H35NP2. The smallest absolute Gasteiger partial charge is 0.0331 e. The van der Waals surface area contributed by atoms with E-state index >= 15 is 0 Å². The third kappa shape index (κ3) is 5.04. The van der Waals surface area contributed by atoms with Crippen molar-refractivity contribution in [3.8, 4) is 0 Å². The summed E-state index contributed by atoms with van der Waals surface area (Å²) in [5.41, 5.74) is 5.47. The first kappa shape index (κ1) is 24.8. The molecule has 0 fully saturated rings. The molecule has 0 N–H and O–H groups in total. The lowest BCUT2D eigenvalue weighted by molar-refractivity contribution is 0.583. The first-order valence-corrected chi connectivity index (χ1v) is 14.6. The summed E-state index contributed by atoms with van der Waals surface area (Å²) in [6.07, 6.45) is 0. The molecule has 0 aliphatic rings. The van der Waals surface area contributed by atoms with Crippen molar-refractivity contribution in [1.29, 1.82) is 0 Å². The molecule has 0 spiro atoms. The first-order valence-electron chi connectivity index (χ1n) is 12.0. The van der Waals surface area contributed by atoms with Gasteiger partial charge in [-0.1, -0.05) is 97.1 Å². The lowest BCUT2D eigenvalue weighted by atomic mass is 10.2. The SMILES string of the molecule is Cc1ccccc1P(c1ccccc1C)N(C(C)C)P(c1ccccc1C)c1ccccc1C. The molecule has 0 radical (unpaired) electrons. The van der Waals surface area contributed by atoms with Crippen LogP contribution in [0, 0.1) is 27.7 Å². The van der Waals surface area contributed by atoms with Crippen LogP contribution in [-0.2, 0) is 0 Å². The zero-order valence-corrected chi connectivity index (χ0v) is 22.9. The van der Waals surface area contributed by atoms with E-state index < -0.39 is 16.1 Å². The van der Waals surface area contributed by atoms with Crippen molar-refractivity contribution in [2.45, 2.75) is 47.6 Å². The summed E-state index contributed by atoms with van der Waals surface area (Å²) in [5.74, 6) is 0. The molecule has 0 aromatic heterocycles. The summed E-state index contributed by atoms with van der Waals surface area (Å²) in [4.78, 5) is 0. The van der Waals surface area contributed by atoms with Crippen molar-refractivity contribution < 1.29 is 0 Å². The fraction of sp³-hybridized carbons (Fsp3) is 0.226. The first-order chi connectivity index (χ1) is 16.4. The number of nitrogens with zero attached hydrogens (tertiary/aromatic N) is 1. The second-order valence-corrected chi connectivity index (χ2v) is 13.5. The van der Waals surface area contributed by atoms with E-state index in [0.717, 1.165) is 0 Å². The van der Waals surface area contributed by atoms with Crippen LogP contribution < -0.4 is 21.2 Å². The van der Waals surface area contributed by atoms with Gasteiger partial charge in [0.25, 0.3) is 0 Å². The maximum atomic E-state index is 2.86. The molecule has 0 amide bonds. The molecule has 4 rings (SSSR count). The maximum absolute atomic E-state index is 2.86. The van der Waals surface area contributed by atoms with E-state index in [1.54, 1.807) is 0 Å². The van der Waals surface area contributed by atoms with Crippen LogP contribution in [0.25, 0.3) is 0 Å². The average molecular weight is 484 g/mol. The van der Waals surface area contributed by atoms with Gasteiger partial charge in [-0.3, -0.25) is 0 Å². The molecular weight excluding hydrogens is 448 g/mol. The van der Waals surface area contributed by atoms with Gasteiger partial charge in [-0.15, -0.1) is 0 Å². The van der Waals surface area contributed by atoms with Crippen LogP contribution in [-0.4, -0.2) is 10.5 Å². The highest BCUT2D eigenvalue weighted by atomic mass is 31.2. The Morgan fingerprint density at radius 2 is 0.676 bits per heavy atom. The van der Waals surface area contributed by atoms with E-state index in [1.165, 1.54) is 43.5 Å². The molecule has 34 heavy (non-hydrogen) atoms. The van der Waals surface area contributed by atoms with Crippen LogP contribution in [0.1, 0.15) is 36.1 Å². The second-order valence-electron chi connectivity index (χ2n) is 9.18. The van der Waals surface area contributed by atoms with E-state index in [9.17, 15) is 0 Å². The summed E-state index contributed by atoms with van der Waals surface area (Å²) < 4.78 is 2.86. The molecule has 0 aliphatic heterocycles. The molecule has 0 saturated carbocycles. The Morgan fingerprint density at radius 3 is 0.882 bits per heavy atom. The highest BCUT2D eigenvalue weighted by molar-refractivity contribution is 7.84. The number of hydrogen-bond acceptors (Lipinski definition) is 1. The van der Waals surface area contributed by atoms with Crippen molar-refractivity contribution in [2.24, 2.45) is 0 Å². The summed E-state index contributed by atoms with van der Waals surface area (Å²) in [7, 11) is -1.49. The minimum Gasteiger partial charge on any atom is -0.242 e. The fourth-order valence-corrected chi connectivity index (χ4v) is 11.2. The lowest BCUT2D eigenvalue weighted by Gasteiger charge is -2.43. The predicted molar refractivity (Wildman–Crippen MR) is 154 cm³/mol. The summed E-state index contributed by atoms with van der Waals surface area (Å²) in [6.45, 7) is 13.8. The third-order valence-corrected chi connectivity index (χ3v) is 12.9. The fourth-order valence-electron chi connectivity index (χ4n) is 4.46. The Hall–Kier alpha value is -2.30. The molecule has 1 nitrogen and oxygen atoms in total. The molecule has 4 aromatic carbocycles. The molecule has 174 valence electrons. The standard InChI is InChI=1S/C31H35NP2/c1-23(2)32(33(28-19-11-7-15-24(28)3)29-20-12-8-16-25(29)4)34(30-21-13-9-17-26(30)5)31-22-14-10-18-27(31)6/h7-23H,1-6H3. The van der Waals surface area contributed by atoms with E-state index in [-0.39, 0.29) is 0 Å². The van der Waals surface area contributed by atoms with Crippen LogP contribution in [0.5, 0.6) is 0 Å². The van der Waals surface area contributed by atoms with Crippen molar-refractivity contribution in [3.63, 3.8) is 0 Å². The van der Waals surface area contributed by atoms with Gasteiger partial charge in [-0.25, -0.2) is 4.44 Å². The summed E-state index contributed by atoms with van der Waals surface area (Å²) in [6, 6.07) is 36.3. The third-order valence-electron chi connectivity index (χ3n) is 6.25. The Balaban J connectivity index is 2.05. The number of aryl methyl sites for hydroxylation is 4. The zero-order valence-electron chi connectivity index (χ0n) is 21.2. The largest absolute Gasteiger partial charge is 0.242 e. The van der Waals surface area contributed by atoms with Crippen LogP contribution in [0.3, 0.4) is 0 Å². The molecule has 0 atom stereocenters. The van der Waals surface area contributed by atoms with Gasteiger partial charge < -0.3 is 0 Å². The maximum Gasteiger partial charge on any atom is 0.0331 e. The minimum absolute atomic E-state index is 0.371. The van der Waals surface area contributed by atoms with Crippen LogP contribution in [0.4, 0.5) is 0 Å². The molecule has 0 saturated heterocycles. The summed E-state index contributed by atoms with van der Waals surface area (Å²) in [5, 5.41) is 5.82. The second kappa shape index (κ2) is 11.0. The molecule has 0 unspecified atom stereocenters. The van der Waals surface area contributed by atoms with Gasteiger partial charge in [-0.05, 0) is 85.0 Å². The highest BCUT2D eigenvalue weighted by Crippen LogP contribution is 2.57. The van der Waals surface area contributed by atoms with Gasteiger partial charge in [0.2, 0.25) is 0 Å². The van der Waals surface area contributed by atoms with Gasteiger partial charge in [0.15, 0.2) is 0 Å². The van der Waals surface area contributed by atoms with Crippen LogP contribution in [0.15, 0.2) is 97.1 Å². The predicted octanol–water partition coefficient (Wildman–Crippen LogP) is 7.03. The van der Waals surface area contributed by atoms with Crippen molar-refractivity contribution in [3.05, 3.63) is 119 Å². The average Bonchev–Trinajstić information content (AvgIpc) is 2.82. The Kier molecular flexibility index (Phi) is 8.00. The van der Waals surface area contributed by atoms with E-state index in [4.69, 9.17) is 0 Å². The van der Waals surface area contributed by atoms with Gasteiger partial charge in [-0.2, -0.15) is 0 Å². The van der Waals surface area contributed by atoms with Crippen molar-refractivity contribution in [2.75, 3.05) is 0 Å². The van der Waals surface area contributed by atoms with E-state index in [0.29, 0.717) is 6.04 Å². The van der Waals surface area contributed by atoms with Crippen molar-refractivity contribution in [1.82, 2.24) is 4.44 Å². The van der Waals surface area contributed by atoms with Gasteiger partial charge in [0, 0.05) is 22.2 Å². The Bertz CT molecular complexity index is 1080. The van der Waals surface area contributed by atoms with Gasteiger partial charge in [0.05, 0.1) is 0 Å². The van der Waals surface area contributed by atoms with E-state index in [2.05, 4.69) is 143 Å². The number of rotatable bonds is 7. The molecule has 4 aromatic rings. The topological polar surface area (TPSA) is 3.24 Å². The molecule has 0 bridgehead atoms. The van der Waals surface area contributed by atoms with Gasteiger partial charge in [0.1, 0.15) is 0 Å². The highest BCUT2D eigenvalue weighted by Gasteiger charge is 2.35. The number of hydrogen-bond donors (Lipinski definition) is 0. The number of benzene rings is 4. The molecule has 3 heteroatoms. The van der Waals surface area contributed by atoms with E-state index in [1.807, 2.05) is 0 Å². The minimum atomic E-state index is -0.745. The van der Waals surface area contributed by atoms with Crippen molar-refractivity contribution >= 4 is 37.4 Å². The normalized spacial score (nSPS) is 11.7.